The van der Waals surface area contributed by atoms with Crippen LogP contribution in [0.2, 0.25) is 0 Å². The number of rotatable bonds is 1. The van der Waals surface area contributed by atoms with Gasteiger partial charge in [-0.25, -0.2) is 0 Å². The lowest BCUT2D eigenvalue weighted by Gasteiger charge is -1.92. The number of carbonyl (C=O) groups excluding carboxylic acids is 1. The van der Waals surface area contributed by atoms with Crippen LogP contribution in [0.3, 0.4) is 0 Å². The standard InChI is InChI=1S/C8H11NO/c1-2-3-4-8(10)9-7-5-6-7/h7H,2,5-6H2,1H3,(H,9,10). The largest absolute Gasteiger partial charge is 0.343 e. The van der Waals surface area contributed by atoms with Crippen molar-refractivity contribution in [1.29, 1.82) is 0 Å². The maximum Gasteiger partial charge on any atom is 0.296 e. The van der Waals surface area contributed by atoms with Crippen LogP contribution in [0, 0.1) is 11.8 Å². The SMILES string of the molecule is CCC#CC(=O)NC1CC1. The minimum absolute atomic E-state index is 0.121. The molecule has 54 valence electrons. The van der Waals surface area contributed by atoms with Gasteiger partial charge in [-0.2, -0.15) is 0 Å². The van der Waals surface area contributed by atoms with Gasteiger partial charge in [0.25, 0.3) is 5.91 Å². The summed E-state index contributed by atoms with van der Waals surface area (Å²) < 4.78 is 0. The van der Waals surface area contributed by atoms with Crippen LogP contribution in [-0.4, -0.2) is 11.9 Å². The average Bonchev–Trinajstić information content (AvgIpc) is 2.67. The summed E-state index contributed by atoms with van der Waals surface area (Å²) >= 11 is 0. The van der Waals surface area contributed by atoms with Crippen molar-refractivity contribution in [3.63, 3.8) is 0 Å². The number of hydrogen-bond acceptors (Lipinski definition) is 1. The first kappa shape index (κ1) is 7.14. The molecule has 0 saturated heterocycles. The molecule has 1 saturated carbocycles. The molecular weight excluding hydrogens is 126 g/mol. The Hall–Kier alpha value is -0.970. The Kier molecular flexibility index (Phi) is 2.33. The van der Waals surface area contributed by atoms with Crippen molar-refractivity contribution in [1.82, 2.24) is 5.32 Å². The molecule has 0 radical (unpaired) electrons. The van der Waals surface area contributed by atoms with E-state index in [0.29, 0.717) is 6.04 Å². The number of hydrogen-bond donors (Lipinski definition) is 1. The highest BCUT2D eigenvalue weighted by Gasteiger charge is 2.22. The molecule has 1 fully saturated rings. The molecule has 0 atom stereocenters. The zero-order valence-electron chi connectivity index (χ0n) is 6.11. The third-order valence-corrected chi connectivity index (χ3v) is 1.29. The molecule has 1 rings (SSSR count). The molecule has 1 N–H and O–H groups in total. The molecule has 2 heteroatoms. The average molecular weight is 137 g/mol. The summed E-state index contributed by atoms with van der Waals surface area (Å²) in [6.07, 6.45) is 3.00. The summed E-state index contributed by atoms with van der Waals surface area (Å²) in [6, 6.07) is 0.429. The van der Waals surface area contributed by atoms with Gasteiger partial charge in [0.15, 0.2) is 0 Å². The van der Waals surface area contributed by atoms with E-state index >= 15 is 0 Å². The molecule has 0 aliphatic heterocycles. The van der Waals surface area contributed by atoms with E-state index in [0.717, 1.165) is 19.3 Å². The predicted molar refractivity (Wildman–Crippen MR) is 39.2 cm³/mol. The van der Waals surface area contributed by atoms with Crippen LogP contribution in [0.15, 0.2) is 0 Å². The van der Waals surface area contributed by atoms with E-state index in [1.807, 2.05) is 6.92 Å². The second kappa shape index (κ2) is 3.26. The van der Waals surface area contributed by atoms with Crippen molar-refractivity contribution in [2.75, 3.05) is 0 Å². The lowest BCUT2D eigenvalue weighted by Crippen LogP contribution is -2.23. The third kappa shape index (κ3) is 2.54. The molecule has 2 nitrogen and oxygen atoms in total. The summed E-state index contributed by atoms with van der Waals surface area (Å²) in [7, 11) is 0. The number of carbonyl (C=O) groups is 1. The van der Waals surface area contributed by atoms with E-state index in [9.17, 15) is 4.79 Å². The van der Waals surface area contributed by atoms with E-state index in [1.54, 1.807) is 0 Å². The lowest BCUT2D eigenvalue weighted by atomic mass is 10.4. The smallest absolute Gasteiger partial charge is 0.296 e. The van der Waals surface area contributed by atoms with Crippen LogP contribution in [0.4, 0.5) is 0 Å². The zero-order chi connectivity index (χ0) is 7.40. The Morgan fingerprint density at radius 1 is 1.70 bits per heavy atom. The molecule has 10 heavy (non-hydrogen) atoms. The first-order valence-corrected chi connectivity index (χ1v) is 3.62. The predicted octanol–water partition coefficient (Wildman–Crippen LogP) is 0.678. The van der Waals surface area contributed by atoms with Crippen LogP contribution in [0.5, 0.6) is 0 Å². The lowest BCUT2D eigenvalue weighted by molar-refractivity contribution is -0.115. The maximum atomic E-state index is 10.8. The second-order valence-corrected chi connectivity index (χ2v) is 2.40. The molecule has 0 aromatic carbocycles. The van der Waals surface area contributed by atoms with Gasteiger partial charge in [0.2, 0.25) is 0 Å². The molecule has 0 heterocycles. The highest BCUT2D eigenvalue weighted by Crippen LogP contribution is 2.17. The molecule has 0 unspecified atom stereocenters. The fourth-order valence-corrected chi connectivity index (χ4v) is 0.618. The first-order valence-electron chi connectivity index (χ1n) is 3.62. The topological polar surface area (TPSA) is 29.1 Å². The molecule has 1 amide bonds. The van der Waals surface area contributed by atoms with Crippen molar-refractivity contribution in [2.45, 2.75) is 32.2 Å². The van der Waals surface area contributed by atoms with E-state index in [-0.39, 0.29) is 5.91 Å². The fraction of sp³-hybridized carbons (Fsp3) is 0.625. The third-order valence-electron chi connectivity index (χ3n) is 1.29. The Bertz CT molecular complexity index is 183. The molecule has 1 aliphatic rings. The van der Waals surface area contributed by atoms with Crippen molar-refractivity contribution in [2.24, 2.45) is 0 Å². The summed E-state index contributed by atoms with van der Waals surface area (Å²) in [4.78, 5) is 10.8. The van der Waals surface area contributed by atoms with Gasteiger partial charge >= 0.3 is 0 Å². The molecule has 0 spiro atoms. The van der Waals surface area contributed by atoms with Gasteiger partial charge in [-0.1, -0.05) is 12.8 Å². The quantitative estimate of drug-likeness (QED) is 0.529. The van der Waals surface area contributed by atoms with Crippen LogP contribution in [0.25, 0.3) is 0 Å². The zero-order valence-corrected chi connectivity index (χ0v) is 6.11. The molecular formula is C8H11NO. The van der Waals surface area contributed by atoms with Gasteiger partial charge < -0.3 is 5.32 Å². The minimum atomic E-state index is -0.121. The Balaban J connectivity index is 2.19. The normalized spacial score (nSPS) is 15.3. The van der Waals surface area contributed by atoms with E-state index in [2.05, 4.69) is 17.2 Å². The maximum absolute atomic E-state index is 10.8. The van der Waals surface area contributed by atoms with Crippen molar-refractivity contribution in [3.8, 4) is 11.8 Å². The summed E-state index contributed by atoms with van der Waals surface area (Å²) in [6.45, 7) is 1.93. The van der Waals surface area contributed by atoms with Crippen LogP contribution < -0.4 is 5.32 Å². The van der Waals surface area contributed by atoms with Gasteiger partial charge in [0.1, 0.15) is 0 Å². The molecule has 0 aromatic heterocycles. The number of amides is 1. The Morgan fingerprint density at radius 2 is 2.40 bits per heavy atom. The van der Waals surface area contributed by atoms with Gasteiger partial charge in [0.05, 0.1) is 0 Å². The number of nitrogens with one attached hydrogen (secondary N) is 1. The van der Waals surface area contributed by atoms with Crippen LogP contribution in [-0.2, 0) is 4.79 Å². The van der Waals surface area contributed by atoms with Crippen molar-refractivity contribution < 1.29 is 4.79 Å². The first-order chi connectivity index (χ1) is 4.83. The Labute approximate surface area is 61.0 Å². The molecule has 0 aromatic rings. The molecule has 0 bridgehead atoms. The van der Waals surface area contributed by atoms with Crippen molar-refractivity contribution >= 4 is 5.91 Å². The Morgan fingerprint density at radius 3 is 2.90 bits per heavy atom. The summed E-state index contributed by atoms with van der Waals surface area (Å²) in [5.74, 6) is 5.10. The van der Waals surface area contributed by atoms with E-state index in [1.165, 1.54) is 0 Å². The van der Waals surface area contributed by atoms with E-state index < -0.39 is 0 Å². The highest BCUT2D eigenvalue weighted by molar-refractivity contribution is 5.93. The van der Waals surface area contributed by atoms with E-state index in [4.69, 9.17) is 0 Å². The van der Waals surface area contributed by atoms with Crippen LogP contribution in [0.1, 0.15) is 26.2 Å². The monoisotopic (exact) mass is 137 g/mol. The summed E-state index contributed by atoms with van der Waals surface area (Å²) in [5, 5.41) is 2.78. The van der Waals surface area contributed by atoms with Crippen molar-refractivity contribution in [3.05, 3.63) is 0 Å². The summed E-state index contributed by atoms with van der Waals surface area (Å²) in [5.41, 5.74) is 0. The van der Waals surface area contributed by atoms with Gasteiger partial charge in [0, 0.05) is 12.5 Å². The second-order valence-electron chi connectivity index (χ2n) is 2.40. The minimum Gasteiger partial charge on any atom is -0.343 e. The molecule has 1 aliphatic carbocycles. The van der Waals surface area contributed by atoms with Gasteiger partial charge in [-0.05, 0) is 18.8 Å². The van der Waals surface area contributed by atoms with Gasteiger partial charge in [-0.3, -0.25) is 4.79 Å². The highest BCUT2D eigenvalue weighted by atomic mass is 16.1. The van der Waals surface area contributed by atoms with Gasteiger partial charge in [-0.15, -0.1) is 0 Å². The fourth-order valence-electron chi connectivity index (χ4n) is 0.618. The van der Waals surface area contributed by atoms with Crippen LogP contribution >= 0.6 is 0 Å².